The Morgan fingerprint density at radius 2 is 2.20 bits per heavy atom. The van der Waals surface area contributed by atoms with Crippen LogP contribution in [0.5, 0.6) is 0 Å². The lowest BCUT2D eigenvalue weighted by Crippen LogP contribution is -2.28. The van der Waals surface area contributed by atoms with Gasteiger partial charge in [-0.2, -0.15) is 5.06 Å². The molecule has 1 aliphatic heterocycles. The lowest BCUT2D eigenvalue weighted by atomic mass is 10.0. The highest BCUT2D eigenvalue weighted by atomic mass is 32.2. The summed E-state index contributed by atoms with van der Waals surface area (Å²) in [5, 5.41) is 1.36. The summed E-state index contributed by atoms with van der Waals surface area (Å²) in [6.07, 6.45) is 2.01. The van der Waals surface area contributed by atoms with E-state index in [0.717, 1.165) is 21.4 Å². The Kier molecular flexibility index (Phi) is 5.51. The van der Waals surface area contributed by atoms with Gasteiger partial charge in [0.25, 0.3) is 5.91 Å². The quantitative estimate of drug-likeness (QED) is 0.633. The molecule has 108 valence electrons. The number of carbonyl (C=O) groups is 1. The molecule has 2 rings (SSSR count). The van der Waals surface area contributed by atoms with Gasteiger partial charge in [-0.15, -0.1) is 23.5 Å². The van der Waals surface area contributed by atoms with Gasteiger partial charge < -0.3 is 0 Å². The topological polar surface area (TPSA) is 41.9 Å². The normalized spacial score (nSPS) is 18.6. The van der Waals surface area contributed by atoms with Crippen molar-refractivity contribution in [3.63, 3.8) is 0 Å². The van der Waals surface area contributed by atoms with Gasteiger partial charge in [0.05, 0.1) is 25.3 Å². The second-order valence-electron chi connectivity index (χ2n) is 4.17. The van der Waals surface area contributed by atoms with Gasteiger partial charge in [-0.3, -0.25) is 14.6 Å². The Labute approximate surface area is 127 Å². The monoisotopic (exact) mass is 310 g/mol. The van der Waals surface area contributed by atoms with Gasteiger partial charge in [0.15, 0.2) is 0 Å². The molecule has 0 aromatic heterocycles. The molecule has 0 fully saturated rings. The Morgan fingerprint density at radius 3 is 2.85 bits per heavy atom. The molecule has 1 amide bonds. The number of fused-ring (bicyclic) bond motifs is 1. The maximum atomic E-state index is 12.4. The van der Waals surface area contributed by atoms with Gasteiger partial charge in [-0.1, -0.05) is 25.1 Å². The zero-order valence-electron chi connectivity index (χ0n) is 11.8. The zero-order valence-corrected chi connectivity index (χ0v) is 13.5. The lowest BCUT2D eigenvalue weighted by molar-refractivity contribution is -0.124. The van der Waals surface area contributed by atoms with Crippen molar-refractivity contribution in [1.29, 1.82) is 0 Å². The standard InChI is InChI=1S/C14H18N2O2S2/c1-4-20-14(19-3)15-9-11-10-7-5-6-8-12(10)16(18-2)13(11)17/h5-8,11H,4,9H2,1-3H3. The number of hydroxylamine groups is 1. The molecule has 0 aliphatic carbocycles. The summed E-state index contributed by atoms with van der Waals surface area (Å²) >= 11 is 3.33. The maximum absolute atomic E-state index is 12.4. The third kappa shape index (κ3) is 3.02. The number of para-hydroxylation sites is 1. The number of rotatable bonds is 4. The van der Waals surface area contributed by atoms with Crippen LogP contribution >= 0.6 is 23.5 Å². The van der Waals surface area contributed by atoms with E-state index in [4.69, 9.17) is 4.84 Å². The van der Waals surface area contributed by atoms with Crippen LogP contribution < -0.4 is 5.06 Å². The number of anilines is 1. The van der Waals surface area contributed by atoms with Crippen molar-refractivity contribution in [3.05, 3.63) is 29.8 Å². The summed E-state index contributed by atoms with van der Waals surface area (Å²) in [6.45, 7) is 2.57. The van der Waals surface area contributed by atoms with Gasteiger partial charge in [0.1, 0.15) is 4.38 Å². The first kappa shape index (κ1) is 15.4. The first-order valence-corrected chi connectivity index (χ1v) is 8.62. The van der Waals surface area contributed by atoms with E-state index in [-0.39, 0.29) is 11.8 Å². The van der Waals surface area contributed by atoms with Gasteiger partial charge in [-0.05, 0) is 23.6 Å². The first-order valence-electron chi connectivity index (χ1n) is 6.41. The van der Waals surface area contributed by atoms with E-state index in [1.807, 2.05) is 30.5 Å². The predicted octanol–water partition coefficient (Wildman–Crippen LogP) is 3.15. The molecule has 0 saturated carbocycles. The minimum Gasteiger partial charge on any atom is -0.271 e. The van der Waals surface area contributed by atoms with Crippen LogP contribution in [0.3, 0.4) is 0 Å². The molecule has 0 bridgehead atoms. The fourth-order valence-corrected chi connectivity index (χ4v) is 3.62. The van der Waals surface area contributed by atoms with E-state index >= 15 is 0 Å². The van der Waals surface area contributed by atoms with Crippen LogP contribution in [-0.4, -0.2) is 35.9 Å². The van der Waals surface area contributed by atoms with Gasteiger partial charge in [0, 0.05) is 0 Å². The Morgan fingerprint density at radius 1 is 1.45 bits per heavy atom. The van der Waals surface area contributed by atoms with Crippen LogP contribution in [0.4, 0.5) is 5.69 Å². The molecular formula is C14H18N2O2S2. The number of aliphatic imine (C=N–C) groups is 1. The highest BCUT2D eigenvalue weighted by Gasteiger charge is 2.37. The fraction of sp³-hybridized carbons (Fsp3) is 0.429. The maximum Gasteiger partial charge on any atom is 0.260 e. The number of hydrogen-bond acceptors (Lipinski definition) is 5. The van der Waals surface area contributed by atoms with Gasteiger partial charge in [-0.25, -0.2) is 0 Å². The summed E-state index contributed by atoms with van der Waals surface area (Å²) in [7, 11) is 1.51. The summed E-state index contributed by atoms with van der Waals surface area (Å²) in [4.78, 5) is 22.1. The van der Waals surface area contributed by atoms with Crippen LogP contribution in [0.2, 0.25) is 0 Å². The highest BCUT2D eigenvalue weighted by molar-refractivity contribution is 8.38. The molecule has 1 aliphatic rings. The van der Waals surface area contributed by atoms with Crippen molar-refractivity contribution in [2.45, 2.75) is 12.8 Å². The molecule has 0 N–H and O–H groups in total. The molecule has 4 nitrogen and oxygen atoms in total. The predicted molar refractivity (Wildman–Crippen MR) is 87.6 cm³/mol. The summed E-state index contributed by atoms with van der Waals surface area (Å²) in [5.74, 6) is 0.698. The highest BCUT2D eigenvalue weighted by Crippen LogP contribution is 2.37. The SMILES string of the molecule is CCSC(=NCC1C(=O)N(OC)c2ccccc21)SC. The van der Waals surface area contributed by atoms with Crippen molar-refractivity contribution in [2.75, 3.05) is 30.7 Å². The largest absolute Gasteiger partial charge is 0.271 e. The van der Waals surface area contributed by atoms with Crippen molar-refractivity contribution < 1.29 is 9.63 Å². The minimum atomic E-state index is -0.245. The van der Waals surface area contributed by atoms with Crippen LogP contribution in [-0.2, 0) is 9.63 Å². The van der Waals surface area contributed by atoms with E-state index in [1.54, 1.807) is 23.5 Å². The van der Waals surface area contributed by atoms with E-state index in [1.165, 1.54) is 12.2 Å². The number of amides is 1. The molecular weight excluding hydrogens is 292 g/mol. The van der Waals surface area contributed by atoms with E-state index in [2.05, 4.69) is 11.9 Å². The average molecular weight is 310 g/mol. The van der Waals surface area contributed by atoms with Gasteiger partial charge in [0.2, 0.25) is 0 Å². The van der Waals surface area contributed by atoms with E-state index in [9.17, 15) is 4.79 Å². The number of thioether (sulfide) groups is 2. The number of hydrogen-bond donors (Lipinski definition) is 0. The van der Waals surface area contributed by atoms with Crippen LogP contribution in [0, 0.1) is 0 Å². The molecule has 1 heterocycles. The number of nitrogens with zero attached hydrogens (tertiary/aromatic N) is 2. The molecule has 0 saturated heterocycles. The second-order valence-corrected chi connectivity index (χ2v) is 6.48. The summed E-state index contributed by atoms with van der Waals surface area (Å²) in [5.41, 5.74) is 1.82. The van der Waals surface area contributed by atoms with Crippen molar-refractivity contribution in [2.24, 2.45) is 4.99 Å². The Bertz CT molecular complexity index is 520. The smallest absolute Gasteiger partial charge is 0.260 e. The molecule has 20 heavy (non-hydrogen) atoms. The molecule has 1 aromatic carbocycles. The van der Waals surface area contributed by atoms with Crippen LogP contribution in [0.25, 0.3) is 0 Å². The summed E-state index contributed by atoms with van der Waals surface area (Å²) < 4.78 is 1.02. The van der Waals surface area contributed by atoms with E-state index in [0.29, 0.717) is 6.54 Å². The Hall–Kier alpha value is -0.980. The second kappa shape index (κ2) is 7.15. The average Bonchev–Trinajstić information content (AvgIpc) is 2.75. The van der Waals surface area contributed by atoms with E-state index < -0.39 is 0 Å². The van der Waals surface area contributed by atoms with Crippen LogP contribution in [0.1, 0.15) is 18.4 Å². The molecule has 0 radical (unpaired) electrons. The molecule has 1 aromatic rings. The van der Waals surface area contributed by atoms with Gasteiger partial charge >= 0.3 is 0 Å². The lowest BCUT2D eigenvalue weighted by Gasteiger charge is -2.13. The minimum absolute atomic E-state index is 0.0422. The number of benzene rings is 1. The van der Waals surface area contributed by atoms with Crippen molar-refractivity contribution >= 4 is 39.5 Å². The molecule has 1 unspecified atom stereocenters. The van der Waals surface area contributed by atoms with Crippen molar-refractivity contribution in [3.8, 4) is 0 Å². The van der Waals surface area contributed by atoms with Crippen LogP contribution in [0.15, 0.2) is 29.3 Å². The summed E-state index contributed by atoms with van der Waals surface area (Å²) in [6, 6.07) is 7.72. The van der Waals surface area contributed by atoms with Crippen molar-refractivity contribution in [1.82, 2.24) is 0 Å². The zero-order chi connectivity index (χ0) is 14.5. The molecule has 0 spiro atoms. The third-order valence-electron chi connectivity index (χ3n) is 3.06. The fourth-order valence-electron chi connectivity index (χ4n) is 2.18. The first-order chi connectivity index (χ1) is 9.72. The molecule has 6 heteroatoms. The Balaban J connectivity index is 2.22. The number of carbonyl (C=O) groups excluding carboxylic acids is 1. The third-order valence-corrected chi connectivity index (χ3v) is 5.05. The molecule has 1 atom stereocenters.